The van der Waals surface area contributed by atoms with E-state index in [1.807, 2.05) is 25.1 Å². The summed E-state index contributed by atoms with van der Waals surface area (Å²) in [6.45, 7) is 3.35. The van der Waals surface area contributed by atoms with E-state index in [0.717, 1.165) is 11.1 Å². The van der Waals surface area contributed by atoms with Crippen LogP contribution in [-0.2, 0) is 11.3 Å². The molecule has 6 nitrogen and oxygen atoms in total. The molecule has 1 aromatic rings. The third-order valence-electron chi connectivity index (χ3n) is 3.30. The molecule has 0 bridgehead atoms. The second-order valence-corrected chi connectivity index (χ2v) is 4.71. The van der Waals surface area contributed by atoms with Crippen LogP contribution in [-0.4, -0.2) is 29.5 Å². The van der Waals surface area contributed by atoms with Gasteiger partial charge in [0.1, 0.15) is 0 Å². The summed E-state index contributed by atoms with van der Waals surface area (Å²) >= 11 is 0. The third-order valence-corrected chi connectivity index (χ3v) is 3.30. The van der Waals surface area contributed by atoms with Gasteiger partial charge in [0, 0.05) is 31.1 Å². The minimum atomic E-state index is 0.0940. The van der Waals surface area contributed by atoms with E-state index >= 15 is 0 Å². The number of nitrogens with one attached hydrogen (secondary N) is 2. The highest BCUT2D eigenvalue weighted by Crippen LogP contribution is 2.12. The average molecular weight is 262 g/mol. The molecule has 1 fully saturated rings. The topological polar surface area (TPSA) is 99.7 Å². The Balaban J connectivity index is 1.99. The molecule has 0 aliphatic carbocycles. The predicted molar refractivity (Wildman–Crippen MR) is 71.9 cm³/mol. The first-order chi connectivity index (χ1) is 9.10. The van der Waals surface area contributed by atoms with Gasteiger partial charge in [-0.15, -0.1) is 0 Å². The van der Waals surface area contributed by atoms with Crippen molar-refractivity contribution in [1.82, 2.24) is 10.6 Å². The van der Waals surface area contributed by atoms with Gasteiger partial charge < -0.3 is 21.6 Å². The summed E-state index contributed by atoms with van der Waals surface area (Å²) in [6, 6.07) is 5.83. The van der Waals surface area contributed by atoms with E-state index in [-0.39, 0.29) is 17.8 Å². The van der Waals surface area contributed by atoms with Crippen molar-refractivity contribution in [3.63, 3.8) is 0 Å². The van der Waals surface area contributed by atoms with Crippen LogP contribution in [0.3, 0.4) is 0 Å². The molecule has 19 heavy (non-hydrogen) atoms. The summed E-state index contributed by atoms with van der Waals surface area (Å²) in [5.41, 5.74) is 8.43. The minimum Gasteiger partial charge on any atom is -0.409 e. The molecule has 6 heteroatoms. The van der Waals surface area contributed by atoms with Crippen molar-refractivity contribution >= 4 is 11.7 Å². The molecular weight excluding hydrogens is 244 g/mol. The van der Waals surface area contributed by atoms with Crippen molar-refractivity contribution in [3.8, 4) is 0 Å². The van der Waals surface area contributed by atoms with Crippen molar-refractivity contribution in [2.24, 2.45) is 10.9 Å². The summed E-state index contributed by atoms with van der Waals surface area (Å²) in [5, 5.41) is 17.7. The monoisotopic (exact) mass is 262 g/mol. The van der Waals surface area contributed by atoms with Gasteiger partial charge in [-0.1, -0.05) is 17.3 Å². The van der Waals surface area contributed by atoms with Gasteiger partial charge in [-0.05, 0) is 24.1 Å². The molecule has 1 atom stereocenters. The van der Waals surface area contributed by atoms with Gasteiger partial charge in [-0.25, -0.2) is 0 Å². The molecule has 1 unspecified atom stereocenters. The summed E-state index contributed by atoms with van der Waals surface area (Å²) in [7, 11) is 0. The van der Waals surface area contributed by atoms with Gasteiger partial charge >= 0.3 is 0 Å². The zero-order valence-corrected chi connectivity index (χ0v) is 10.8. The number of carbonyl (C=O) groups is 1. The normalized spacial score (nSPS) is 19.5. The summed E-state index contributed by atoms with van der Waals surface area (Å²) < 4.78 is 0. The number of nitrogens with zero attached hydrogens (tertiary/aromatic N) is 1. The molecule has 102 valence electrons. The Morgan fingerprint density at radius 1 is 1.63 bits per heavy atom. The van der Waals surface area contributed by atoms with Crippen LogP contribution in [0, 0.1) is 6.92 Å². The van der Waals surface area contributed by atoms with Crippen LogP contribution in [0.25, 0.3) is 0 Å². The van der Waals surface area contributed by atoms with Crippen LogP contribution in [0.2, 0.25) is 0 Å². The summed E-state index contributed by atoms with van der Waals surface area (Å²) in [6.07, 6.45) is 0.529. The Bertz CT molecular complexity index is 513. The molecule has 1 aliphatic heterocycles. The number of nitrogens with two attached hydrogens (primary N) is 1. The molecule has 0 saturated carbocycles. The first kappa shape index (κ1) is 13.4. The molecule has 0 spiro atoms. The van der Waals surface area contributed by atoms with E-state index in [4.69, 9.17) is 10.9 Å². The number of hydrogen-bond donors (Lipinski definition) is 4. The molecule has 1 aromatic carbocycles. The molecule has 0 aromatic heterocycles. The Hall–Kier alpha value is -2.08. The van der Waals surface area contributed by atoms with Crippen molar-refractivity contribution in [2.45, 2.75) is 25.9 Å². The molecule has 1 amide bonds. The van der Waals surface area contributed by atoms with Crippen LogP contribution in [0.4, 0.5) is 0 Å². The first-order valence-corrected chi connectivity index (χ1v) is 6.17. The van der Waals surface area contributed by atoms with Gasteiger partial charge in [0.15, 0.2) is 5.84 Å². The Kier molecular flexibility index (Phi) is 4.01. The second kappa shape index (κ2) is 5.71. The number of amides is 1. The molecule has 1 aliphatic rings. The maximum absolute atomic E-state index is 11.1. The van der Waals surface area contributed by atoms with E-state index < -0.39 is 0 Å². The first-order valence-electron chi connectivity index (χ1n) is 6.17. The number of rotatable bonds is 4. The molecular formula is C13H18N4O2. The zero-order valence-electron chi connectivity index (χ0n) is 10.8. The van der Waals surface area contributed by atoms with E-state index in [9.17, 15) is 4.79 Å². The number of hydrogen-bond acceptors (Lipinski definition) is 4. The lowest BCUT2D eigenvalue weighted by atomic mass is 10.0. The highest BCUT2D eigenvalue weighted by molar-refractivity contribution is 5.97. The average Bonchev–Trinajstić information content (AvgIpc) is 2.82. The Labute approximate surface area is 111 Å². The van der Waals surface area contributed by atoms with Crippen molar-refractivity contribution in [2.75, 3.05) is 6.54 Å². The summed E-state index contributed by atoms with van der Waals surface area (Å²) in [5.74, 6) is 0.199. The minimum absolute atomic E-state index is 0.0940. The fourth-order valence-corrected chi connectivity index (χ4v) is 2.12. The van der Waals surface area contributed by atoms with Gasteiger partial charge in [0.25, 0.3) is 0 Å². The van der Waals surface area contributed by atoms with Crippen LogP contribution in [0.1, 0.15) is 23.1 Å². The van der Waals surface area contributed by atoms with Crippen LogP contribution in [0.5, 0.6) is 0 Å². The quantitative estimate of drug-likeness (QED) is 0.267. The lowest BCUT2D eigenvalue weighted by Gasteiger charge is -2.13. The van der Waals surface area contributed by atoms with Gasteiger partial charge in [-0.3, -0.25) is 4.79 Å². The molecule has 1 heterocycles. The molecule has 5 N–H and O–H groups in total. The van der Waals surface area contributed by atoms with Crippen LogP contribution in [0.15, 0.2) is 23.4 Å². The van der Waals surface area contributed by atoms with Gasteiger partial charge in [0.05, 0.1) is 0 Å². The van der Waals surface area contributed by atoms with E-state index in [1.54, 1.807) is 0 Å². The largest absolute Gasteiger partial charge is 0.409 e. The predicted octanol–water partition coefficient (Wildman–Crippen LogP) is 0.0676. The maximum Gasteiger partial charge on any atom is 0.221 e. The number of oxime groups is 1. The van der Waals surface area contributed by atoms with E-state index in [1.165, 1.54) is 0 Å². The number of benzene rings is 1. The lowest BCUT2D eigenvalue weighted by molar-refractivity contribution is -0.119. The highest BCUT2D eigenvalue weighted by Gasteiger charge is 2.20. The number of aryl methyl sites for hydroxylation is 1. The molecule has 2 rings (SSSR count). The SMILES string of the molecule is Cc1cc(/C(N)=N/O)ccc1CNC1CNC(=O)C1. The zero-order chi connectivity index (χ0) is 13.8. The second-order valence-electron chi connectivity index (χ2n) is 4.71. The fourth-order valence-electron chi connectivity index (χ4n) is 2.12. The number of amidine groups is 1. The fraction of sp³-hybridized carbons (Fsp3) is 0.385. The third kappa shape index (κ3) is 3.23. The smallest absolute Gasteiger partial charge is 0.221 e. The Morgan fingerprint density at radius 2 is 2.42 bits per heavy atom. The number of carbonyl (C=O) groups excluding carboxylic acids is 1. The standard InChI is InChI=1S/C13H18N4O2/c1-8-4-9(13(14)17-19)2-3-10(8)6-15-11-5-12(18)16-7-11/h2-4,11,15,19H,5-7H2,1H3,(H2,14,17)(H,16,18). The Morgan fingerprint density at radius 3 is 3.00 bits per heavy atom. The van der Waals surface area contributed by atoms with Gasteiger partial charge in [0.2, 0.25) is 5.91 Å². The lowest BCUT2D eigenvalue weighted by Crippen LogP contribution is -2.30. The highest BCUT2D eigenvalue weighted by atomic mass is 16.4. The van der Waals surface area contributed by atoms with Crippen LogP contribution >= 0.6 is 0 Å². The molecule has 0 radical (unpaired) electrons. The van der Waals surface area contributed by atoms with Crippen molar-refractivity contribution < 1.29 is 10.0 Å². The van der Waals surface area contributed by atoms with E-state index in [0.29, 0.717) is 25.1 Å². The van der Waals surface area contributed by atoms with Crippen molar-refractivity contribution in [3.05, 3.63) is 34.9 Å². The summed E-state index contributed by atoms with van der Waals surface area (Å²) in [4.78, 5) is 11.1. The van der Waals surface area contributed by atoms with E-state index in [2.05, 4.69) is 15.8 Å². The molecule has 1 saturated heterocycles. The maximum atomic E-state index is 11.1. The van der Waals surface area contributed by atoms with Crippen molar-refractivity contribution in [1.29, 1.82) is 0 Å². The van der Waals surface area contributed by atoms with Crippen LogP contribution < -0.4 is 16.4 Å². The van der Waals surface area contributed by atoms with Gasteiger partial charge in [-0.2, -0.15) is 0 Å².